The molecule has 390 valence electrons. The van der Waals surface area contributed by atoms with Crippen molar-refractivity contribution in [3.63, 3.8) is 0 Å². The molecule has 0 saturated carbocycles. The summed E-state index contributed by atoms with van der Waals surface area (Å²) < 4.78 is 4.21. The number of benzene rings is 1. The summed E-state index contributed by atoms with van der Waals surface area (Å²) in [5.74, 6) is -2.15. The molecule has 0 radical (unpaired) electrons. The highest BCUT2D eigenvalue weighted by Gasteiger charge is 2.62. The van der Waals surface area contributed by atoms with Crippen LogP contribution in [-0.2, 0) is 44.7 Å². The van der Waals surface area contributed by atoms with E-state index in [1.165, 1.54) is 19.1 Å². The first-order chi connectivity index (χ1) is 34.0. The summed E-state index contributed by atoms with van der Waals surface area (Å²) in [6.07, 6.45) is 2.19. The number of rotatable bonds is 27. The number of guanidine groups is 1. The number of nitrogens with two attached hydrogens (primary N) is 6. The van der Waals surface area contributed by atoms with Crippen LogP contribution in [0.4, 0.5) is 5.82 Å². The molecule has 4 rings (SSSR count). The van der Waals surface area contributed by atoms with E-state index in [4.69, 9.17) is 39.2 Å². The number of nitrogens with zero attached hydrogens (tertiary/aromatic N) is 4. The number of ether oxygens (including phenoxy) is 1. The lowest BCUT2D eigenvalue weighted by Gasteiger charge is -2.40. The van der Waals surface area contributed by atoms with Crippen molar-refractivity contribution < 1.29 is 52.7 Å². The molecule has 2 aliphatic rings. The Morgan fingerprint density at radius 1 is 0.887 bits per heavy atom. The number of hydrazine groups is 1. The highest BCUT2D eigenvalue weighted by atomic mass is 16.6. The summed E-state index contributed by atoms with van der Waals surface area (Å²) in [5, 5.41) is 18.6. The van der Waals surface area contributed by atoms with Gasteiger partial charge < -0.3 is 59.9 Å². The van der Waals surface area contributed by atoms with Gasteiger partial charge in [-0.3, -0.25) is 29.1 Å². The molecule has 24 heteroatoms. The van der Waals surface area contributed by atoms with Gasteiger partial charge in [-0.2, -0.15) is 4.48 Å². The maximum Gasteiger partial charge on any atom is 0.347 e. The second kappa shape index (κ2) is 28.5. The molecule has 6 amide bonds. The van der Waals surface area contributed by atoms with Crippen molar-refractivity contribution in [1.82, 2.24) is 25.8 Å². The molecule has 1 aromatic heterocycles. The average Bonchev–Trinajstić information content (AvgIpc) is 4.07. The van der Waals surface area contributed by atoms with Gasteiger partial charge in [-0.05, 0) is 102 Å². The van der Waals surface area contributed by atoms with Crippen molar-refractivity contribution in [2.75, 3.05) is 38.1 Å². The molecule has 1 aromatic carbocycles. The monoisotopic (exact) mass is 994 g/mol. The number of nitrogens with one attached hydrogen (secondary N) is 4. The van der Waals surface area contributed by atoms with Crippen LogP contribution in [0.25, 0.3) is 0 Å². The van der Waals surface area contributed by atoms with Crippen molar-refractivity contribution in [3.05, 3.63) is 59.8 Å². The number of anilines is 1. The van der Waals surface area contributed by atoms with Crippen molar-refractivity contribution in [1.29, 1.82) is 0 Å². The summed E-state index contributed by atoms with van der Waals surface area (Å²) >= 11 is 0. The fourth-order valence-electron chi connectivity index (χ4n) is 8.87. The molecular weight excluding hydrogens is 921 g/mol. The Labute approximate surface area is 413 Å². The topological polar surface area (TPSA) is 399 Å². The average molecular weight is 994 g/mol. The molecular formula is C47H73N14O10+. The van der Waals surface area contributed by atoms with Crippen LogP contribution in [0, 0.1) is 0 Å². The largest absolute Gasteiger partial charge is 0.391 e. The van der Waals surface area contributed by atoms with Gasteiger partial charge in [0.15, 0.2) is 12.0 Å². The maximum atomic E-state index is 15.9. The van der Waals surface area contributed by atoms with Crippen LogP contribution in [0.2, 0.25) is 0 Å². The zero-order valence-corrected chi connectivity index (χ0v) is 40.5. The van der Waals surface area contributed by atoms with E-state index >= 15 is 14.4 Å². The molecule has 2 fully saturated rings. The third-order valence-corrected chi connectivity index (χ3v) is 12.7. The number of aromatic nitrogens is 1. The fourth-order valence-corrected chi connectivity index (χ4v) is 8.87. The number of carbonyl (C=O) groups is 8. The van der Waals surface area contributed by atoms with Crippen molar-refractivity contribution in [3.8, 4) is 0 Å². The smallest absolute Gasteiger partial charge is 0.347 e. The fraction of sp³-hybridized carbons (Fsp3) is 0.574. The molecule has 8 atom stereocenters. The molecule has 71 heavy (non-hydrogen) atoms. The van der Waals surface area contributed by atoms with Crippen molar-refractivity contribution in [2.45, 2.75) is 139 Å². The highest BCUT2D eigenvalue weighted by Crippen LogP contribution is 2.35. The number of unbranched alkanes of at least 4 members (excludes halogenated alkanes) is 3. The number of aliphatic hydroxyl groups excluding tert-OH is 1. The minimum atomic E-state index is -1.79. The first-order valence-corrected chi connectivity index (χ1v) is 24.3. The number of amides is 6. The minimum absolute atomic E-state index is 0.000674. The third-order valence-electron chi connectivity index (χ3n) is 12.7. The summed E-state index contributed by atoms with van der Waals surface area (Å²) in [4.78, 5) is 126. The zero-order chi connectivity index (χ0) is 52.1. The van der Waals surface area contributed by atoms with Crippen molar-refractivity contribution >= 4 is 59.2 Å². The molecule has 0 spiro atoms. The Kier molecular flexibility index (Phi) is 23.0. The van der Waals surface area contributed by atoms with E-state index in [2.05, 4.69) is 31.4 Å². The number of hydrogen-bond donors (Lipinski definition) is 11. The Morgan fingerprint density at radius 3 is 2.21 bits per heavy atom. The van der Waals surface area contributed by atoms with Crippen LogP contribution in [0.1, 0.15) is 106 Å². The van der Waals surface area contributed by atoms with Gasteiger partial charge in [0.25, 0.3) is 5.91 Å². The Bertz CT molecular complexity index is 2150. The summed E-state index contributed by atoms with van der Waals surface area (Å²) in [5.41, 5.74) is 31.3. The Morgan fingerprint density at radius 2 is 1.59 bits per heavy atom. The van der Waals surface area contributed by atoms with Crippen LogP contribution in [0.5, 0.6) is 0 Å². The molecule has 24 nitrogen and oxygen atoms in total. The molecule has 0 aliphatic carbocycles. The van der Waals surface area contributed by atoms with Crippen LogP contribution in [0.15, 0.2) is 53.7 Å². The number of aliphatic imine (C=N–C) groups is 1. The van der Waals surface area contributed by atoms with E-state index in [9.17, 15) is 29.1 Å². The third kappa shape index (κ3) is 15.9. The summed E-state index contributed by atoms with van der Waals surface area (Å²) in [7, 11) is 0. The predicted molar refractivity (Wildman–Crippen MR) is 261 cm³/mol. The Hall–Kier alpha value is -6.28. The minimum Gasteiger partial charge on any atom is -0.391 e. The summed E-state index contributed by atoms with van der Waals surface area (Å²) in [6, 6.07) is 2.79. The quantitative estimate of drug-likeness (QED) is 0.00686. The number of carbonyl (C=O) groups excluding carboxylic acids is 8. The number of nitrogen functional groups attached to an aromatic ring is 1. The number of aliphatic hydroxyl groups is 1. The molecule has 0 bridgehead atoms. The van der Waals surface area contributed by atoms with Crippen LogP contribution in [0.3, 0.4) is 0 Å². The second-order valence-corrected chi connectivity index (χ2v) is 17.9. The lowest BCUT2D eigenvalue weighted by atomic mass is 9.98. The number of likely N-dealkylation sites (tertiary alicyclic amines) is 1. The molecule has 17 N–H and O–H groups in total. The van der Waals surface area contributed by atoms with Gasteiger partial charge in [0.1, 0.15) is 36.0 Å². The van der Waals surface area contributed by atoms with Gasteiger partial charge in [-0.25, -0.2) is 30.0 Å². The normalized spacial score (nSPS) is 19.5. The molecule has 1 unspecified atom stereocenters. The van der Waals surface area contributed by atoms with E-state index < -0.39 is 94.2 Å². The summed E-state index contributed by atoms with van der Waals surface area (Å²) in [6.45, 7) is 2.09. The SMILES string of the molecule is C[C@@H](O)[C@H](N)C(=O)N[C@@H](CCCCN)C(=O)N[C@@H](Cc1ccccc1)C(=O)[N+]1(C(=O)[C@@H]2CCCN2)CCC[C@H]1C(=O)N(C(=O)CCCCCN)[C@@H](CCCN=C(N)N)C(=O)OC(=O)c1ccc(NN)nc1. The van der Waals surface area contributed by atoms with Gasteiger partial charge >= 0.3 is 23.8 Å². The zero-order valence-electron chi connectivity index (χ0n) is 40.5. The van der Waals surface area contributed by atoms with Gasteiger partial charge in [0, 0.05) is 38.4 Å². The van der Waals surface area contributed by atoms with E-state index in [-0.39, 0.29) is 88.3 Å². The number of imide groups is 2. The number of hydrogen-bond acceptors (Lipinski definition) is 18. The van der Waals surface area contributed by atoms with Gasteiger partial charge in [0.05, 0.1) is 18.2 Å². The Balaban J connectivity index is 1.88. The van der Waals surface area contributed by atoms with E-state index in [0.717, 1.165) is 6.20 Å². The van der Waals surface area contributed by atoms with E-state index in [1.807, 2.05) is 0 Å². The maximum absolute atomic E-state index is 15.9. The number of esters is 2. The van der Waals surface area contributed by atoms with Crippen molar-refractivity contribution in [2.24, 2.45) is 39.5 Å². The van der Waals surface area contributed by atoms with E-state index in [0.29, 0.717) is 62.1 Å². The first kappa shape index (κ1) is 57.3. The van der Waals surface area contributed by atoms with Gasteiger partial charge in [-0.15, -0.1) is 0 Å². The lowest BCUT2D eigenvalue weighted by molar-refractivity contribution is -0.784. The van der Waals surface area contributed by atoms with Crippen LogP contribution in [-0.4, -0.2) is 148 Å². The number of pyridine rings is 1. The van der Waals surface area contributed by atoms with Gasteiger partial charge in [0.2, 0.25) is 17.7 Å². The van der Waals surface area contributed by atoms with Crippen LogP contribution >= 0.6 is 0 Å². The molecule has 3 heterocycles. The predicted octanol–water partition coefficient (Wildman–Crippen LogP) is -1.82. The number of quaternary nitrogens is 1. The highest BCUT2D eigenvalue weighted by molar-refractivity contribution is 6.06. The van der Waals surface area contributed by atoms with Crippen LogP contribution < -0.4 is 55.9 Å². The molecule has 2 saturated heterocycles. The van der Waals surface area contributed by atoms with Gasteiger partial charge in [-0.1, -0.05) is 36.8 Å². The first-order valence-electron chi connectivity index (χ1n) is 24.3. The molecule has 2 aliphatic heterocycles. The molecule has 2 aromatic rings. The van der Waals surface area contributed by atoms with E-state index in [1.54, 1.807) is 30.3 Å². The lowest BCUT2D eigenvalue weighted by Crippen LogP contribution is -2.72. The standard InChI is InChI=1S/C47H72N14O10/c1-29(62)39(50)41(65)57-32(15-7-9-23-49)40(64)58-34(27-30-13-4-2-5-14-30)44(68)61(43(67)33-16-10-24-54-33)26-12-18-36(61)42(66)60(38(63)19-6-3-8-22-48)35(17-11-25-55-47(51)52)46(70)71-45(69)31-20-21-37(59-53)56-28-31/h2,4-5,13-14,20-21,28-29,32-36,39,54,62H,3,6-12,15-19,22-27,48-50,53H2,1H3,(H6-,51,52,55,56,57,58,59,64,65,69)/p+1/t29-,32+,33+,34+,35+,36+,39+,61?/m1/s1. The second-order valence-electron chi connectivity index (χ2n) is 17.9.